The van der Waals surface area contributed by atoms with E-state index in [0.717, 1.165) is 0 Å². The summed E-state index contributed by atoms with van der Waals surface area (Å²) < 4.78 is 12.4. The van der Waals surface area contributed by atoms with Crippen LogP contribution >= 0.6 is 0 Å². The minimum absolute atomic E-state index is 0.286. The van der Waals surface area contributed by atoms with Gasteiger partial charge in [-0.2, -0.15) is 0 Å². The van der Waals surface area contributed by atoms with Crippen LogP contribution < -0.4 is 11.1 Å². The fourth-order valence-electron chi connectivity index (χ4n) is 0.789. The molecule has 1 unspecified atom stereocenters. The maximum atomic E-state index is 12.4. The van der Waals surface area contributed by atoms with E-state index in [4.69, 9.17) is 5.73 Å². The topological polar surface area (TPSA) is 55.1 Å². The summed E-state index contributed by atoms with van der Waals surface area (Å²) in [5.41, 5.74) is 5.87. The Labute approximate surface area is 75.7 Å². The molecule has 13 heavy (non-hydrogen) atoms. The van der Waals surface area contributed by atoms with Crippen LogP contribution in [0.4, 0.5) is 10.1 Å². The zero-order chi connectivity index (χ0) is 9.84. The zero-order valence-corrected chi connectivity index (χ0v) is 7.25. The first-order chi connectivity index (χ1) is 6.09. The van der Waals surface area contributed by atoms with Gasteiger partial charge >= 0.3 is 0 Å². The molecule has 1 aromatic carbocycles. The molecule has 70 valence electrons. The summed E-state index contributed by atoms with van der Waals surface area (Å²) in [6.07, 6.45) is 0. The highest BCUT2D eigenvalue weighted by Crippen LogP contribution is 2.07. The molecule has 0 aliphatic carbocycles. The van der Waals surface area contributed by atoms with Gasteiger partial charge in [0.15, 0.2) is 0 Å². The molecule has 1 aromatic rings. The second kappa shape index (κ2) is 4.00. The molecule has 1 rings (SSSR count). The van der Waals surface area contributed by atoms with E-state index in [9.17, 15) is 9.18 Å². The molecule has 0 aromatic heterocycles. The second-order valence-corrected chi connectivity index (χ2v) is 2.78. The van der Waals surface area contributed by atoms with Crippen LogP contribution in [-0.2, 0) is 4.79 Å². The highest BCUT2D eigenvalue weighted by molar-refractivity contribution is 5.94. The number of amides is 1. The quantitative estimate of drug-likeness (QED) is 0.719. The van der Waals surface area contributed by atoms with Crippen LogP contribution in [0.3, 0.4) is 0 Å². The van der Waals surface area contributed by atoms with Crippen molar-refractivity contribution >= 4 is 11.6 Å². The Hall–Kier alpha value is -1.42. The lowest BCUT2D eigenvalue weighted by molar-refractivity contribution is -0.117. The minimum Gasteiger partial charge on any atom is -0.325 e. The van der Waals surface area contributed by atoms with Crippen LogP contribution in [0.25, 0.3) is 0 Å². The van der Waals surface area contributed by atoms with E-state index in [1.54, 1.807) is 6.92 Å². The van der Waals surface area contributed by atoms with Crippen molar-refractivity contribution in [2.45, 2.75) is 13.0 Å². The number of anilines is 1. The third-order valence-electron chi connectivity index (χ3n) is 1.53. The van der Waals surface area contributed by atoms with Gasteiger partial charge in [-0.25, -0.2) is 4.39 Å². The van der Waals surface area contributed by atoms with Gasteiger partial charge in [-0.3, -0.25) is 4.79 Å². The van der Waals surface area contributed by atoms with E-state index in [2.05, 4.69) is 5.32 Å². The number of nitrogens with two attached hydrogens (primary N) is 1. The van der Waals surface area contributed by atoms with Crippen LogP contribution in [0.2, 0.25) is 0 Å². The Morgan fingerprint density at radius 3 is 2.46 bits per heavy atom. The van der Waals surface area contributed by atoms with Crippen molar-refractivity contribution in [2.75, 3.05) is 5.32 Å². The van der Waals surface area contributed by atoms with Gasteiger partial charge in [-0.1, -0.05) is 0 Å². The van der Waals surface area contributed by atoms with Crippen molar-refractivity contribution in [2.24, 2.45) is 5.73 Å². The third-order valence-corrected chi connectivity index (χ3v) is 1.53. The molecule has 1 atom stereocenters. The molecular formula is C9H11FN2O. The molecule has 3 nitrogen and oxygen atoms in total. The van der Waals surface area contributed by atoms with Gasteiger partial charge in [0, 0.05) is 5.69 Å². The maximum Gasteiger partial charge on any atom is 0.240 e. The number of halogens is 1. The van der Waals surface area contributed by atoms with Gasteiger partial charge in [0.05, 0.1) is 6.04 Å². The zero-order valence-electron chi connectivity index (χ0n) is 7.25. The van der Waals surface area contributed by atoms with Gasteiger partial charge in [0.2, 0.25) is 5.91 Å². The summed E-state index contributed by atoms with van der Waals surface area (Å²) in [6.45, 7) is 1.58. The molecule has 0 fully saturated rings. The van der Waals surface area contributed by atoms with Crippen molar-refractivity contribution < 1.29 is 9.18 Å². The normalized spacial score (nSPS) is 12.2. The van der Waals surface area contributed by atoms with Gasteiger partial charge in [-0.05, 0) is 31.2 Å². The van der Waals surface area contributed by atoms with E-state index < -0.39 is 6.04 Å². The predicted molar refractivity (Wildman–Crippen MR) is 48.7 cm³/mol. The van der Waals surface area contributed by atoms with Gasteiger partial charge in [-0.15, -0.1) is 0 Å². The Balaban J connectivity index is 2.65. The molecule has 0 aliphatic heterocycles. The van der Waals surface area contributed by atoms with Crippen molar-refractivity contribution in [1.82, 2.24) is 0 Å². The predicted octanol–water partition coefficient (Wildman–Crippen LogP) is 1.11. The Morgan fingerprint density at radius 2 is 2.00 bits per heavy atom. The summed E-state index contributed by atoms with van der Waals surface area (Å²) in [4.78, 5) is 11.1. The first-order valence-electron chi connectivity index (χ1n) is 3.91. The lowest BCUT2D eigenvalue weighted by Crippen LogP contribution is -2.32. The fraction of sp³-hybridized carbons (Fsp3) is 0.222. The summed E-state index contributed by atoms with van der Waals surface area (Å²) in [6, 6.07) is 4.95. The third kappa shape index (κ3) is 2.83. The van der Waals surface area contributed by atoms with Gasteiger partial charge < -0.3 is 11.1 Å². The highest BCUT2D eigenvalue weighted by Gasteiger charge is 2.06. The summed E-state index contributed by atoms with van der Waals surface area (Å²) in [7, 11) is 0. The molecule has 0 spiro atoms. The number of benzene rings is 1. The number of carbonyl (C=O) groups is 1. The lowest BCUT2D eigenvalue weighted by atomic mass is 10.3. The van der Waals surface area contributed by atoms with E-state index in [1.165, 1.54) is 24.3 Å². The SMILES string of the molecule is CC(N)C(=O)Nc1ccc(F)cc1. The van der Waals surface area contributed by atoms with Crippen molar-refractivity contribution in [1.29, 1.82) is 0 Å². The highest BCUT2D eigenvalue weighted by atomic mass is 19.1. The average Bonchev–Trinajstić information content (AvgIpc) is 2.08. The molecule has 0 bridgehead atoms. The first kappa shape index (κ1) is 9.67. The van der Waals surface area contributed by atoms with E-state index in [0.29, 0.717) is 5.69 Å². The monoisotopic (exact) mass is 182 g/mol. The standard InChI is InChI=1S/C9H11FN2O/c1-6(11)9(13)12-8-4-2-7(10)3-5-8/h2-6H,11H2,1H3,(H,12,13). The molecule has 0 aliphatic rings. The number of carbonyl (C=O) groups excluding carboxylic acids is 1. The van der Waals surface area contributed by atoms with Crippen molar-refractivity contribution in [3.05, 3.63) is 30.1 Å². The molecule has 1 amide bonds. The maximum absolute atomic E-state index is 12.4. The fourth-order valence-corrected chi connectivity index (χ4v) is 0.789. The van der Waals surface area contributed by atoms with Gasteiger partial charge in [0.25, 0.3) is 0 Å². The summed E-state index contributed by atoms with van der Waals surface area (Å²) >= 11 is 0. The Morgan fingerprint density at radius 1 is 1.46 bits per heavy atom. The lowest BCUT2D eigenvalue weighted by Gasteiger charge is -2.06. The summed E-state index contributed by atoms with van der Waals surface area (Å²) in [5, 5.41) is 2.54. The first-order valence-corrected chi connectivity index (χ1v) is 3.91. The van der Waals surface area contributed by atoms with Crippen LogP contribution in [0.15, 0.2) is 24.3 Å². The average molecular weight is 182 g/mol. The minimum atomic E-state index is -0.565. The molecular weight excluding hydrogens is 171 g/mol. The van der Waals surface area contributed by atoms with Crippen molar-refractivity contribution in [3.8, 4) is 0 Å². The number of nitrogens with one attached hydrogen (secondary N) is 1. The van der Waals surface area contributed by atoms with E-state index in [-0.39, 0.29) is 11.7 Å². The Kier molecular flexibility index (Phi) is 2.97. The smallest absolute Gasteiger partial charge is 0.240 e. The van der Waals surface area contributed by atoms with Crippen LogP contribution in [-0.4, -0.2) is 11.9 Å². The van der Waals surface area contributed by atoms with E-state index in [1.807, 2.05) is 0 Å². The largest absolute Gasteiger partial charge is 0.325 e. The van der Waals surface area contributed by atoms with Crippen LogP contribution in [0, 0.1) is 5.82 Å². The molecule has 4 heteroatoms. The molecule has 0 saturated heterocycles. The molecule has 0 saturated carbocycles. The number of hydrogen-bond donors (Lipinski definition) is 2. The molecule has 0 heterocycles. The summed E-state index contributed by atoms with van der Waals surface area (Å²) in [5.74, 6) is -0.620. The van der Waals surface area contributed by atoms with Crippen LogP contribution in [0.1, 0.15) is 6.92 Å². The molecule has 3 N–H and O–H groups in total. The number of rotatable bonds is 2. The Bertz CT molecular complexity index is 295. The van der Waals surface area contributed by atoms with E-state index >= 15 is 0 Å². The number of hydrogen-bond acceptors (Lipinski definition) is 2. The van der Waals surface area contributed by atoms with Crippen LogP contribution in [0.5, 0.6) is 0 Å². The van der Waals surface area contributed by atoms with Crippen molar-refractivity contribution in [3.63, 3.8) is 0 Å². The second-order valence-electron chi connectivity index (χ2n) is 2.78. The molecule has 0 radical (unpaired) electrons. The van der Waals surface area contributed by atoms with Gasteiger partial charge in [0.1, 0.15) is 5.82 Å².